The Hall–Kier alpha value is -6.58. The molecule has 0 fully saturated rings. The van der Waals surface area contributed by atoms with Gasteiger partial charge in [-0.05, 0) is 77.7 Å². The van der Waals surface area contributed by atoms with Crippen LogP contribution in [0.25, 0.3) is 71.2 Å². The van der Waals surface area contributed by atoms with E-state index < -0.39 is 0 Å². The zero-order valence-corrected chi connectivity index (χ0v) is 28.8. The van der Waals surface area contributed by atoms with Crippen molar-refractivity contribution in [2.24, 2.45) is 0 Å². The summed E-state index contributed by atoms with van der Waals surface area (Å²) in [7, 11) is 0. The van der Waals surface area contributed by atoms with Crippen molar-refractivity contribution in [2.45, 2.75) is 18.9 Å². The molecule has 9 aromatic rings. The van der Waals surface area contributed by atoms with Gasteiger partial charge in [-0.2, -0.15) is 0 Å². The summed E-state index contributed by atoms with van der Waals surface area (Å²) in [6.45, 7) is 6.60. The molecule has 1 aliphatic heterocycles. The first-order valence-corrected chi connectivity index (χ1v) is 18.0. The summed E-state index contributed by atoms with van der Waals surface area (Å²) in [5, 5.41) is 7.44. The molecule has 2 aliphatic rings. The van der Waals surface area contributed by atoms with Crippen molar-refractivity contribution in [1.82, 2.24) is 4.40 Å². The number of furan rings is 1. The number of fused-ring (bicyclic) bond motifs is 12. The van der Waals surface area contributed by atoms with E-state index in [1.165, 1.54) is 66.1 Å². The molecule has 0 saturated heterocycles. The lowest BCUT2D eigenvalue weighted by Crippen LogP contribution is -2.34. The van der Waals surface area contributed by atoms with E-state index in [-0.39, 0.29) is 12.0 Å². The fraction of sp³-hybridized carbons (Fsp3) is 0.0612. The summed E-state index contributed by atoms with van der Waals surface area (Å²) < 4.78 is 9.01. The number of anilines is 1. The van der Waals surface area contributed by atoms with Crippen LogP contribution in [0, 0.1) is 0 Å². The second-order valence-electron chi connectivity index (χ2n) is 14.1. The predicted molar refractivity (Wildman–Crippen MR) is 219 cm³/mol. The Kier molecular flexibility index (Phi) is 6.15. The molecule has 2 unspecified atom stereocenters. The van der Waals surface area contributed by atoms with Gasteiger partial charge in [-0.1, -0.05) is 122 Å². The Morgan fingerprint density at radius 2 is 1.37 bits per heavy atom. The van der Waals surface area contributed by atoms with Gasteiger partial charge in [0.25, 0.3) is 0 Å². The average Bonchev–Trinajstić information content (AvgIpc) is 3.94. The van der Waals surface area contributed by atoms with Crippen molar-refractivity contribution < 1.29 is 4.42 Å². The lowest BCUT2D eigenvalue weighted by molar-refractivity contribution is 0.665. The van der Waals surface area contributed by atoms with Crippen molar-refractivity contribution in [2.75, 3.05) is 4.90 Å². The van der Waals surface area contributed by atoms with Crippen LogP contribution in [0.2, 0.25) is 0 Å². The summed E-state index contributed by atoms with van der Waals surface area (Å²) in [6.07, 6.45) is 13.4. The molecule has 0 amide bonds. The van der Waals surface area contributed by atoms with Crippen LogP contribution in [0.4, 0.5) is 5.69 Å². The molecule has 0 saturated carbocycles. The van der Waals surface area contributed by atoms with E-state index in [0.29, 0.717) is 0 Å². The minimum absolute atomic E-state index is 0.0406. The maximum absolute atomic E-state index is 6.58. The summed E-state index contributed by atoms with van der Waals surface area (Å²) in [5.74, 6) is 0.188. The van der Waals surface area contributed by atoms with Gasteiger partial charge in [0, 0.05) is 55.2 Å². The van der Waals surface area contributed by atoms with Crippen LogP contribution < -0.4 is 4.90 Å². The number of rotatable bonds is 5. The molecule has 4 heterocycles. The molecule has 0 spiro atoms. The summed E-state index contributed by atoms with van der Waals surface area (Å²) >= 11 is 0. The highest BCUT2D eigenvalue weighted by molar-refractivity contribution is 6.24. The van der Waals surface area contributed by atoms with E-state index in [1.54, 1.807) is 0 Å². The number of para-hydroxylation sites is 5. The molecule has 6 aromatic carbocycles. The second kappa shape index (κ2) is 11.0. The van der Waals surface area contributed by atoms with Crippen LogP contribution >= 0.6 is 0 Å². The molecule has 3 heteroatoms. The molecule has 3 aromatic heterocycles. The Bertz CT molecular complexity index is 2990. The molecule has 52 heavy (non-hydrogen) atoms. The standard InChI is InChI=1S/C49H34N2O/c1-3-32(27-26-30(2)31-28-41-34-15-5-9-23-44(34)51-45-24-10-6-16-35(45)42(29-31)48(41)51)50-43-22-8-4-14-33(43)37-18-12-19-38(47(37)50)40-21-13-20-39-36-17-7-11-25-46(36)52-49(39)40/h3-29,37,47H,1H2,2H3/b30-26+,32-27+. The molecular formula is C49H34N2O. The molecule has 246 valence electrons. The van der Waals surface area contributed by atoms with Crippen LogP contribution in [0.1, 0.15) is 29.5 Å². The Morgan fingerprint density at radius 3 is 2.13 bits per heavy atom. The second-order valence-corrected chi connectivity index (χ2v) is 14.1. The summed E-state index contributed by atoms with van der Waals surface area (Å²) in [4.78, 5) is 2.49. The molecule has 0 bridgehead atoms. The molecular weight excluding hydrogens is 633 g/mol. The number of allylic oxidation sites excluding steroid dienone is 6. The van der Waals surface area contributed by atoms with Gasteiger partial charge in [0.1, 0.15) is 11.2 Å². The number of hydrogen-bond acceptors (Lipinski definition) is 2. The number of benzene rings is 6. The van der Waals surface area contributed by atoms with Gasteiger partial charge in [0.05, 0.1) is 22.6 Å². The Balaban J connectivity index is 1.06. The zero-order valence-electron chi connectivity index (χ0n) is 28.8. The van der Waals surface area contributed by atoms with Gasteiger partial charge in [0.2, 0.25) is 0 Å². The third kappa shape index (κ3) is 3.96. The first-order chi connectivity index (χ1) is 25.7. The number of nitrogens with zero attached hydrogens (tertiary/aromatic N) is 2. The lowest BCUT2D eigenvalue weighted by Gasteiger charge is -2.34. The van der Waals surface area contributed by atoms with E-state index >= 15 is 0 Å². The van der Waals surface area contributed by atoms with E-state index in [0.717, 1.165) is 33.2 Å². The lowest BCUT2D eigenvalue weighted by atomic mass is 9.82. The highest BCUT2D eigenvalue weighted by Crippen LogP contribution is 2.51. The van der Waals surface area contributed by atoms with Crippen LogP contribution in [-0.4, -0.2) is 10.4 Å². The normalized spacial score (nSPS) is 17.6. The maximum atomic E-state index is 6.58. The van der Waals surface area contributed by atoms with Gasteiger partial charge in [0.15, 0.2) is 0 Å². The molecule has 3 nitrogen and oxygen atoms in total. The fourth-order valence-electron chi connectivity index (χ4n) is 9.14. The van der Waals surface area contributed by atoms with E-state index in [1.807, 2.05) is 12.1 Å². The molecule has 0 N–H and O–H groups in total. The Labute approximate surface area is 301 Å². The molecule has 0 radical (unpaired) electrons. The first kappa shape index (κ1) is 29.2. The minimum Gasteiger partial charge on any atom is -0.455 e. The van der Waals surface area contributed by atoms with Crippen molar-refractivity contribution in [1.29, 1.82) is 0 Å². The van der Waals surface area contributed by atoms with Crippen LogP contribution in [0.3, 0.4) is 0 Å². The predicted octanol–water partition coefficient (Wildman–Crippen LogP) is 12.8. The zero-order chi connectivity index (χ0) is 34.5. The van der Waals surface area contributed by atoms with Gasteiger partial charge in [-0.15, -0.1) is 0 Å². The highest BCUT2D eigenvalue weighted by atomic mass is 16.3. The summed E-state index contributed by atoms with van der Waals surface area (Å²) in [6, 6.07) is 46.0. The van der Waals surface area contributed by atoms with Gasteiger partial charge >= 0.3 is 0 Å². The highest BCUT2D eigenvalue weighted by Gasteiger charge is 2.42. The van der Waals surface area contributed by atoms with E-state index in [4.69, 9.17) is 4.42 Å². The average molecular weight is 667 g/mol. The first-order valence-electron chi connectivity index (χ1n) is 18.0. The molecule has 1 aliphatic carbocycles. The van der Waals surface area contributed by atoms with Crippen molar-refractivity contribution >= 4 is 76.9 Å². The van der Waals surface area contributed by atoms with Crippen LogP contribution in [-0.2, 0) is 0 Å². The van der Waals surface area contributed by atoms with E-state index in [2.05, 4.69) is 175 Å². The smallest absolute Gasteiger partial charge is 0.142 e. The molecule has 11 rings (SSSR count). The molecule has 2 atom stereocenters. The van der Waals surface area contributed by atoms with Crippen molar-refractivity contribution in [3.63, 3.8) is 0 Å². The van der Waals surface area contributed by atoms with Crippen LogP contribution in [0.5, 0.6) is 0 Å². The van der Waals surface area contributed by atoms with Crippen molar-refractivity contribution in [3.8, 4) is 0 Å². The van der Waals surface area contributed by atoms with Crippen molar-refractivity contribution in [3.05, 3.63) is 193 Å². The monoisotopic (exact) mass is 666 g/mol. The topological polar surface area (TPSA) is 20.8 Å². The number of aromatic nitrogens is 1. The van der Waals surface area contributed by atoms with E-state index in [9.17, 15) is 0 Å². The van der Waals surface area contributed by atoms with Gasteiger partial charge in [-0.3, -0.25) is 0 Å². The van der Waals surface area contributed by atoms with Gasteiger partial charge in [-0.25, -0.2) is 0 Å². The third-order valence-electron chi connectivity index (χ3n) is 11.5. The Morgan fingerprint density at radius 1 is 0.692 bits per heavy atom. The maximum Gasteiger partial charge on any atom is 0.142 e. The SMILES string of the molecule is C=C/C(=C\C=C(/C)c1cc2c3ccccc3n3c4ccccc4c(c1)c23)N1c2ccccc2C2C=CC=C(c3cccc4c3oc3ccccc34)C21. The third-order valence-corrected chi connectivity index (χ3v) is 11.5. The largest absolute Gasteiger partial charge is 0.455 e. The van der Waals surface area contributed by atoms with Gasteiger partial charge < -0.3 is 13.7 Å². The number of hydrogen-bond donors (Lipinski definition) is 0. The minimum atomic E-state index is 0.0406. The van der Waals surface area contributed by atoms with Crippen LogP contribution in [0.15, 0.2) is 181 Å². The fourth-order valence-corrected chi connectivity index (χ4v) is 9.14. The quantitative estimate of drug-likeness (QED) is 0.170. The summed E-state index contributed by atoms with van der Waals surface area (Å²) in [5.41, 5.74) is 14.0.